The van der Waals surface area contributed by atoms with E-state index < -0.39 is 5.97 Å². The van der Waals surface area contributed by atoms with Crippen LogP contribution in [0.4, 0.5) is 0 Å². The van der Waals surface area contributed by atoms with Crippen molar-refractivity contribution in [2.75, 3.05) is 5.75 Å². The van der Waals surface area contributed by atoms with Gasteiger partial charge in [-0.3, -0.25) is 9.59 Å². The van der Waals surface area contributed by atoms with E-state index >= 15 is 0 Å². The van der Waals surface area contributed by atoms with Gasteiger partial charge >= 0.3 is 5.97 Å². The van der Waals surface area contributed by atoms with Crippen LogP contribution in [0.25, 0.3) is 6.08 Å². The fraction of sp³-hybridized carbons (Fsp3) is 0.231. The zero-order valence-electron chi connectivity index (χ0n) is 9.18. The van der Waals surface area contributed by atoms with E-state index in [0.29, 0.717) is 6.42 Å². The fourth-order valence-electron chi connectivity index (χ4n) is 1.64. The average molecular weight is 248 g/mol. The van der Waals surface area contributed by atoms with Crippen molar-refractivity contribution in [3.8, 4) is 0 Å². The van der Waals surface area contributed by atoms with E-state index in [2.05, 4.69) is 0 Å². The fourth-order valence-corrected chi connectivity index (χ4v) is 2.63. The molecule has 88 valence electrons. The van der Waals surface area contributed by atoms with Crippen molar-refractivity contribution >= 4 is 29.6 Å². The highest BCUT2D eigenvalue weighted by molar-refractivity contribution is 8.04. The number of carboxylic acids is 1. The van der Waals surface area contributed by atoms with Gasteiger partial charge in [0.15, 0.2) is 5.78 Å². The lowest BCUT2D eigenvalue weighted by Crippen LogP contribution is -1.99. The number of carbonyl (C=O) groups excluding carboxylic acids is 1. The van der Waals surface area contributed by atoms with Crippen molar-refractivity contribution in [3.63, 3.8) is 0 Å². The second-order valence-electron chi connectivity index (χ2n) is 3.84. The number of hydrogen-bond acceptors (Lipinski definition) is 3. The van der Waals surface area contributed by atoms with E-state index in [-0.39, 0.29) is 12.2 Å². The molecule has 0 unspecified atom stereocenters. The third-order valence-electron chi connectivity index (χ3n) is 2.49. The maximum Gasteiger partial charge on any atom is 0.307 e. The van der Waals surface area contributed by atoms with Gasteiger partial charge in [-0.15, -0.1) is 11.8 Å². The first kappa shape index (κ1) is 11.9. The van der Waals surface area contributed by atoms with Crippen LogP contribution in [-0.4, -0.2) is 22.6 Å². The van der Waals surface area contributed by atoms with E-state index in [4.69, 9.17) is 5.11 Å². The van der Waals surface area contributed by atoms with Crippen molar-refractivity contribution in [3.05, 3.63) is 40.3 Å². The van der Waals surface area contributed by atoms with Crippen molar-refractivity contribution < 1.29 is 14.7 Å². The minimum Gasteiger partial charge on any atom is -0.481 e. The van der Waals surface area contributed by atoms with Crippen LogP contribution in [0.2, 0.25) is 0 Å². The number of allylic oxidation sites excluding steroid dienone is 1. The number of aliphatic carboxylic acids is 1. The zero-order chi connectivity index (χ0) is 12.3. The molecule has 4 heteroatoms. The number of thioether (sulfide) groups is 1. The van der Waals surface area contributed by atoms with Gasteiger partial charge in [0.2, 0.25) is 0 Å². The van der Waals surface area contributed by atoms with E-state index in [1.807, 2.05) is 18.2 Å². The number of ketones is 1. The summed E-state index contributed by atoms with van der Waals surface area (Å²) in [6, 6.07) is 7.25. The van der Waals surface area contributed by atoms with Crippen LogP contribution in [0, 0.1) is 0 Å². The SMILES string of the molecule is O=C(O)Cc1ccc(/C=C2/SCCC2=O)cc1. The van der Waals surface area contributed by atoms with E-state index in [9.17, 15) is 9.59 Å². The minimum atomic E-state index is -0.836. The lowest BCUT2D eigenvalue weighted by Gasteiger charge is -1.99. The molecule has 1 saturated heterocycles. The Morgan fingerprint density at radius 3 is 2.59 bits per heavy atom. The molecule has 1 aliphatic heterocycles. The summed E-state index contributed by atoms with van der Waals surface area (Å²) in [5.41, 5.74) is 1.71. The molecule has 0 spiro atoms. The van der Waals surface area contributed by atoms with Crippen molar-refractivity contribution in [1.29, 1.82) is 0 Å². The third kappa shape index (κ3) is 3.20. The van der Waals surface area contributed by atoms with Crippen LogP contribution in [0.15, 0.2) is 29.2 Å². The monoisotopic (exact) mass is 248 g/mol. The second kappa shape index (κ2) is 5.19. The van der Waals surface area contributed by atoms with Crippen molar-refractivity contribution in [2.24, 2.45) is 0 Å². The van der Waals surface area contributed by atoms with Crippen LogP contribution in [0.5, 0.6) is 0 Å². The summed E-state index contributed by atoms with van der Waals surface area (Å²) < 4.78 is 0. The molecule has 1 aromatic carbocycles. The molecule has 0 aliphatic carbocycles. The molecule has 1 N–H and O–H groups in total. The van der Waals surface area contributed by atoms with Crippen molar-refractivity contribution in [1.82, 2.24) is 0 Å². The van der Waals surface area contributed by atoms with Crippen LogP contribution in [0.1, 0.15) is 17.5 Å². The molecular formula is C13H12O3S. The number of Topliss-reactive ketones (excluding diaryl/α,β-unsaturated/α-hetero) is 1. The van der Waals surface area contributed by atoms with Gasteiger partial charge in [0.1, 0.15) is 0 Å². The molecular weight excluding hydrogens is 236 g/mol. The maximum atomic E-state index is 11.4. The first-order chi connectivity index (χ1) is 8.15. The zero-order valence-corrected chi connectivity index (χ0v) is 10.00. The van der Waals surface area contributed by atoms with Gasteiger partial charge in [0, 0.05) is 12.2 Å². The van der Waals surface area contributed by atoms with E-state index in [1.54, 1.807) is 23.9 Å². The molecule has 0 amide bonds. The van der Waals surface area contributed by atoms with Gasteiger partial charge in [0.25, 0.3) is 0 Å². The topological polar surface area (TPSA) is 54.4 Å². The van der Waals surface area contributed by atoms with E-state index in [1.165, 1.54) is 0 Å². The Kier molecular flexibility index (Phi) is 3.64. The molecule has 0 radical (unpaired) electrons. The number of hydrogen-bond donors (Lipinski definition) is 1. The number of rotatable bonds is 3. The Bertz CT molecular complexity index is 474. The quantitative estimate of drug-likeness (QED) is 0.834. The number of benzene rings is 1. The molecule has 0 bridgehead atoms. The van der Waals surface area contributed by atoms with Gasteiger partial charge in [-0.1, -0.05) is 24.3 Å². The molecule has 3 nitrogen and oxygen atoms in total. The van der Waals surface area contributed by atoms with Gasteiger partial charge in [-0.2, -0.15) is 0 Å². The maximum absolute atomic E-state index is 11.4. The normalized spacial score (nSPS) is 17.6. The molecule has 0 aromatic heterocycles. The molecule has 2 rings (SSSR count). The Balaban J connectivity index is 2.13. The molecule has 1 aromatic rings. The highest BCUT2D eigenvalue weighted by Crippen LogP contribution is 2.28. The standard InChI is InChI=1S/C13H12O3S/c14-11-5-6-17-12(11)7-9-1-3-10(4-2-9)8-13(15)16/h1-4,7H,5-6,8H2,(H,15,16)/b12-7+. The van der Waals surface area contributed by atoms with Crippen molar-refractivity contribution in [2.45, 2.75) is 12.8 Å². The summed E-state index contributed by atoms with van der Waals surface area (Å²) in [5.74, 6) is 0.226. The minimum absolute atomic E-state index is 0.0323. The molecule has 1 aliphatic rings. The molecule has 17 heavy (non-hydrogen) atoms. The summed E-state index contributed by atoms with van der Waals surface area (Å²) in [7, 11) is 0. The van der Waals surface area contributed by atoms with Crippen LogP contribution in [0.3, 0.4) is 0 Å². The van der Waals surface area contributed by atoms with Gasteiger partial charge in [-0.05, 0) is 17.2 Å². The molecule has 1 fully saturated rings. The van der Waals surface area contributed by atoms with Crippen LogP contribution >= 0.6 is 11.8 Å². The summed E-state index contributed by atoms with van der Waals surface area (Å²) in [5, 5.41) is 8.64. The number of carbonyl (C=O) groups is 2. The van der Waals surface area contributed by atoms with Crippen LogP contribution < -0.4 is 0 Å². The summed E-state index contributed by atoms with van der Waals surface area (Å²) in [4.78, 5) is 22.7. The molecule has 1 heterocycles. The van der Waals surface area contributed by atoms with Gasteiger partial charge in [0.05, 0.1) is 11.3 Å². The van der Waals surface area contributed by atoms with Crippen LogP contribution in [-0.2, 0) is 16.0 Å². The second-order valence-corrected chi connectivity index (χ2v) is 4.98. The Morgan fingerprint density at radius 1 is 1.35 bits per heavy atom. The Morgan fingerprint density at radius 2 is 2.06 bits per heavy atom. The first-order valence-electron chi connectivity index (χ1n) is 5.33. The number of carboxylic acid groups (broad SMARTS) is 1. The predicted molar refractivity (Wildman–Crippen MR) is 67.8 cm³/mol. The largest absolute Gasteiger partial charge is 0.481 e. The summed E-state index contributed by atoms with van der Waals surface area (Å²) >= 11 is 1.58. The highest BCUT2D eigenvalue weighted by atomic mass is 32.2. The smallest absolute Gasteiger partial charge is 0.307 e. The summed E-state index contributed by atoms with van der Waals surface area (Å²) in [6.45, 7) is 0. The average Bonchev–Trinajstić information content (AvgIpc) is 2.67. The highest BCUT2D eigenvalue weighted by Gasteiger charge is 2.17. The Hall–Kier alpha value is -1.55. The van der Waals surface area contributed by atoms with Gasteiger partial charge < -0.3 is 5.11 Å². The molecule has 0 saturated carbocycles. The third-order valence-corrected chi connectivity index (χ3v) is 3.56. The summed E-state index contributed by atoms with van der Waals surface area (Å²) in [6.07, 6.45) is 2.52. The predicted octanol–water partition coefficient (Wildman–Crippen LogP) is 2.36. The molecule has 0 atom stereocenters. The first-order valence-corrected chi connectivity index (χ1v) is 6.32. The Labute approximate surface area is 104 Å². The lowest BCUT2D eigenvalue weighted by atomic mass is 10.1. The lowest BCUT2D eigenvalue weighted by molar-refractivity contribution is -0.136. The van der Waals surface area contributed by atoms with Gasteiger partial charge in [-0.25, -0.2) is 0 Å². The van der Waals surface area contributed by atoms with E-state index in [0.717, 1.165) is 21.8 Å².